The Balaban J connectivity index is 1.80. The van der Waals surface area contributed by atoms with Crippen molar-refractivity contribution in [2.24, 2.45) is 0 Å². The third kappa shape index (κ3) is 3.95. The van der Waals surface area contributed by atoms with Crippen molar-refractivity contribution >= 4 is 40.2 Å². The fourth-order valence-electron chi connectivity index (χ4n) is 3.38. The second kappa shape index (κ2) is 8.54. The van der Waals surface area contributed by atoms with E-state index >= 15 is 0 Å². The first-order chi connectivity index (χ1) is 14.5. The van der Waals surface area contributed by atoms with Gasteiger partial charge in [0.2, 0.25) is 0 Å². The van der Waals surface area contributed by atoms with Crippen LogP contribution in [-0.4, -0.2) is 22.1 Å². The number of hydrogen-bond donors (Lipinski definition) is 0. The van der Waals surface area contributed by atoms with Crippen LogP contribution in [-0.2, 0) is 4.74 Å². The minimum absolute atomic E-state index is 0.301. The van der Waals surface area contributed by atoms with Gasteiger partial charge in [0.05, 0.1) is 29.1 Å². The van der Waals surface area contributed by atoms with E-state index in [0.717, 1.165) is 37.6 Å². The smallest absolute Gasteiger partial charge is 0.338 e. The summed E-state index contributed by atoms with van der Waals surface area (Å²) >= 11 is 7.70. The van der Waals surface area contributed by atoms with Crippen molar-refractivity contribution in [3.8, 4) is 5.69 Å². The molecule has 0 aliphatic carbocycles. The summed E-state index contributed by atoms with van der Waals surface area (Å²) in [5.41, 5.74) is 4.60. The highest BCUT2D eigenvalue weighted by Gasteiger charge is 2.15. The molecule has 0 radical (unpaired) electrons. The molecule has 4 aromatic rings. The summed E-state index contributed by atoms with van der Waals surface area (Å²) in [5, 5.41) is 1.62. The van der Waals surface area contributed by atoms with E-state index in [-0.39, 0.29) is 5.97 Å². The Morgan fingerprint density at radius 3 is 2.67 bits per heavy atom. The molecule has 0 spiro atoms. The molecular weight excluding hydrogens is 416 g/mol. The number of aryl methyl sites for hydroxylation is 2. The number of nitrogens with zero attached hydrogens (tertiary/aromatic N) is 2. The third-order valence-electron chi connectivity index (χ3n) is 4.88. The summed E-state index contributed by atoms with van der Waals surface area (Å²) in [6.07, 6.45) is 2.11. The van der Waals surface area contributed by atoms with E-state index in [1.807, 2.05) is 57.2 Å². The molecular formula is C24H21ClN2O2S. The van der Waals surface area contributed by atoms with Gasteiger partial charge in [-0.3, -0.25) is 0 Å². The van der Waals surface area contributed by atoms with E-state index in [1.54, 1.807) is 17.8 Å². The van der Waals surface area contributed by atoms with E-state index < -0.39 is 0 Å². The van der Waals surface area contributed by atoms with Gasteiger partial charge in [-0.1, -0.05) is 47.6 Å². The second-order valence-corrected chi connectivity index (χ2v) is 8.39. The molecule has 4 nitrogen and oxygen atoms in total. The van der Waals surface area contributed by atoms with Gasteiger partial charge in [-0.25, -0.2) is 9.78 Å². The van der Waals surface area contributed by atoms with Crippen molar-refractivity contribution in [2.45, 2.75) is 30.6 Å². The lowest BCUT2D eigenvalue weighted by molar-refractivity contribution is 0.0526. The molecule has 0 aliphatic rings. The SMILES string of the molecule is CCOC(=O)c1ccc(C)c(Sc2cn(-c3ccc(Cl)nc3C)c3ccccc23)c1. The Hall–Kier alpha value is -2.76. The highest BCUT2D eigenvalue weighted by Crippen LogP contribution is 2.38. The summed E-state index contributed by atoms with van der Waals surface area (Å²) in [4.78, 5) is 18.7. The van der Waals surface area contributed by atoms with Crippen LogP contribution in [0.2, 0.25) is 5.15 Å². The number of halogens is 1. The first-order valence-electron chi connectivity index (χ1n) is 9.67. The summed E-state index contributed by atoms with van der Waals surface area (Å²) < 4.78 is 7.30. The number of pyridine rings is 1. The fraction of sp³-hybridized carbons (Fsp3) is 0.167. The Kier molecular flexibility index (Phi) is 5.84. The van der Waals surface area contributed by atoms with Gasteiger partial charge in [-0.15, -0.1) is 0 Å². The van der Waals surface area contributed by atoms with Crippen molar-refractivity contribution in [1.29, 1.82) is 0 Å². The molecule has 0 N–H and O–H groups in total. The number of carbonyl (C=O) groups is 1. The second-order valence-electron chi connectivity index (χ2n) is 6.92. The number of ether oxygens (including phenoxy) is 1. The molecule has 0 amide bonds. The normalized spacial score (nSPS) is 11.1. The Bertz CT molecular complexity index is 1250. The predicted molar refractivity (Wildman–Crippen MR) is 122 cm³/mol. The Labute approximate surface area is 184 Å². The summed E-state index contributed by atoms with van der Waals surface area (Å²) in [5.74, 6) is -0.301. The summed E-state index contributed by atoms with van der Waals surface area (Å²) in [6, 6.07) is 17.7. The molecule has 0 atom stereocenters. The topological polar surface area (TPSA) is 44.1 Å². The largest absolute Gasteiger partial charge is 0.462 e. The monoisotopic (exact) mass is 436 g/mol. The predicted octanol–water partition coefficient (Wildman–Crippen LogP) is 6.62. The Morgan fingerprint density at radius 1 is 1.10 bits per heavy atom. The number of aromatic nitrogens is 2. The van der Waals surface area contributed by atoms with Gasteiger partial charge in [0.25, 0.3) is 0 Å². The highest BCUT2D eigenvalue weighted by atomic mass is 35.5. The zero-order valence-electron chi connectivity index (χ0n) is 17.0. The molecule has 0 fully saturated rings. The maximum absolute atomic E-state index is 12.2. The third-order valence-corrected chi connectivity index (χ3v) is 6.29. The molecule has 30 heavy (non-hydrogen) atoms. The van der Waals surface area contributed by atoms with E-state index in [2.05, 4.69) is 27.9 Å². The van der Waals surface area contributed by atoms with Crippen LogP contribution in [0.25, 0.3) is 16.6 Å². The van der Waals surface area contributed by atoms with Crippen LogP contribution >= 0.6 is 23.4 Å². The molecule has 0 aliphatic heterocycles. The van der Waals surface area contributed by atoms with Crippen molar-refractivity contribution in [1.82, 2.24) is 9.55 Å². The quantitative estimate of drug-likeness (QED) is 0.260. The van der Waals surface area contributed by atoms with E-state index in [4.69, 9.17) is 16.3 Å². The first kappa shape index (κ1) is 20.5. The number of rotatable bonds is 5. The van der Waals surface area contributed by atoms with Crippen molar-refractivity contribution in [2.75, 3.05) is 6.61 Å². The van der Waals surface area contributed by atoms with Crippen molar-refractivity contribution in [3.63, 3.8) is 0 Å². The van der Waals surface area contributed by atoms with E-state index in [1.165, 1.54) is 0 Å². The fourth-order valence-corrected chi connectivity index (χ4v) is 4.66. The molecule has 0 saturated carbocycles. The van der Waals surface area contributed by atoms with Crippen LogP contribution in [0.4, 0.5) is 0 Å². The maximum Gasteiger partial charge on any atom is 0.338 e. The van der Waals surface area contributed by atoms with E-state index in [0.29, 0.717) is 17.3 Å². The molecule has 2 aromatic heterocycles. The molecule has 2 aromatic carbocycles. The van der Waals surface area contributed by atoms with Gasteiger partial charge in [-0.2, -0.15) is 0 Å². The van der Waals surface area contributed by atoms with Gasteiger partial charge >= 0.3 is 5.97 Å². The number of fused-ring (bicyclic) bond motifs is 1. The molecule has 2 heterocycles. The van der Waals surface area contributed by atoms with Crippen LogP contribution in [0, 0.1) is 13.8 Å². The standard InChI is InChI=1S/C24H21ClN2O2S/c1-4-29-24(28)17-10-9-15(2)21(13-17)30-22-14-27(20-8-6-5-7-18(20)22)19-11-12-23(25)26-16(19)3/h5-14H,4H2,1-3H3. The maximum atomic E-state index is 12.2. The van der Waals surface area contributed by atoms with Gasteiger partial charge in [0, 0.05) is 21.4 Å². The molecule has 0 saturated heterocycles. The lowest BCUT2D eigenvalue weighted by Gasteiger charge is -2.08. The van der Waals surface area contributed by atoms with Crippen LogP contribution in [0.5, 0.6) is 0 Å². The zero-order chi connectivity index (χ0) is 21.3. The van der Waals surface area contributed by atoms with E-state index in [9.17, 15) is 4.79 Å². The minimum atomic E-state index is -0.301. The highest BCUT2D eigenvalue weighted by molar-refractivity contribution is 7.99. The summed E-state index contributed by atoms with van der Waals surface area (Å²) in [6.45, 7) is 6.17. The Morgan fingerprint density at radius 2 is 1.90 bits per heavy atom. The van der Waals surface area contributed by atoms with Crippen LogP contribution < -0.4 is 0 Å². The molecule has 0 bridgehead atoms. The minimum Gasteiger partial charge on any atom is -0.462 e. The van der Waals surface area contributed by atoms with Crippen LogP contribution in [0.1, 0.15) is 28.5 Å². The molecule has 4 rings (SSSR count). The van der Waals surface area contributed by atoms with Crippen molar-refractivity contribution in [3.05, 3.63) is 82.8 Å². The number of hydrogen-bond acceptors (Lipinski definition) is 4. The first-order valence-corrected chi connectivity index (χ1v) is 10.9. The van der Waals surface area contributed by atoms with Gasteiger partial charge in [0.1, 0.15) is 5.15 Å². The van der Waals surface area contributed by atoms with Crippen molar-refractivity contribution < 1.29 is 9.53 Å². The molecule has 0 unspecified atom stereocenters. The average Bonchev–Trinajstić information content (AvgIpc) is 3.08. The molecule has 152 valence electrons. The lowest BCUT2D eigenvalue weighted by atomic mass is 10.1. The number of para-hydroxylation sites is 1. The van der Waals surface area contributed by atoms with Gasteiger partial charge < -0.3 is 9.30 Å². The molecule has 6 heteroatoms. The number of carbonyl (C=O) groups excluding carboxylic acids is 1. The zero-order valence-corrected chi connectivity index (χ0v) is 18.6. The number of esters is 1. The number of benzene rings is 2. The van der Waals surface area contributed by atoms with Gasteiger partial charge in [0.15, 0.2) is 0 Å². The lowest BCUT2D eigenvalue weighted by Crippen LogP contribution is -2.04. The van der Waals surface area contributed by atoms with Crippen LogP contribution in [0.15, 0.2) is 70.6 Å². The summed E-state index contributed by atoms with van der Waals surface area (Å²) in [7, 11) is 0. The van der Waals surface area contributed by atoms with Crippen LogP contribution in [0.3, 0.4) is 0 Å². The average molecular weight is 437 g/mol. The van der Waals surface area contributed by atoms with Gasteiger partial charge in [-0.05, 0) is 56.7 Å².